The minimum Gasteiger partial charge on any atom is -0.356 e. The van der Waals surface area contributed by atoms with Gasteiger partial charge in [-0.2, -0.15) is 0 Å². The normalized spacial score (nSPS) is 10.5. The lowest BCUT2D eigenvalue weighted by atomic mass is 10.1. The van der Waals surface area contributed by atoms with Crippen molar-refractivity contribution in [1.29, 1.82) is 0 Å². The van der Waals surface area contributed by atoms with E-state index in [0.717, 1.165) is 23.1 Å². The number of aromatic nitrogens is 2. The Morgan fingerprint density at radius 3 is 3.00 bits per heavy atom. The highest BCUT2D eigenvalue weighted by molar-refractivity contribution is 6.29. The summed E-state index contributed by atoms with van der Waals surface area (Å²) in [5.74, 6) is -0.0780. The van der Waals surface area contributed by atoms with Crippen LogP contribution in [0, 0.1) is 6.92 Å². The lowest BCUT2D eigenvalue weighted by molar-refractivity contribution is 0.0948. The zero-order chi connectivity index (χ0) is 13.8. The maximum absolute atomic E-state index is 12.0. The molecule has 0 spiro atoms. The fourth-order valence-corrected chi connectivity index (χ4v) is 2.10. The van der Waals surface area contributed by atoms with E-state index in [0.29, 0.717) is 17.4 Å². The maximum atomic E-state index is 12.0. The van der Waals surface area contributed by atoms with Gasteiger partial charge in [-0.3, -0.25) is 4.79 Å². The summed E-state index contributed by atoms with van der Waals surface area (Å²) in [5, 5.41) is 3.30. The van der Waals surface area contributed by atoms with Gasteiger partial charge in [0.15, 0.2) is 0 Å². The van der Waals surface area contributed by atoms with E-state index < -0.39 is 0 Å². The smallest absolute Gasteiger partial charge is 0.267 e. The first kappa shape index (κ1) is 13.6. The van der Waals surface area contributed by atoms with Crippen LogP contribution in [0.3, 0.4) is 0 Å². The molecule has 2 rings (SSSR count). The Kier molecular flexibility index (Phi) is 4.22. The average molecular weight is 278 g/mol. The van der Waals surface area contributed by atoms with E-state index in [-0.39, 0.29) is 5.91 Å². The molecule has 0 aromatic carbocycles. The van der Waals surface area contributed by atoms with Crippen LogP contribution in [0.2, 0.25) is 5.15 Å². The molecule has 1 amide bonds. The summed E-state index contributed by atoms with van der Waals surface area (Å²) in [6.45, 7) is 4.61. The molecule has 0 unspecified atom stereocenters. The Morgan fingerprint density at radius 1 is 1.53 bits per heavy atom. The van der Waals surface area contributed by atoms with Crippen LogP contribution in [-0.4, -0.2) is 22.4 Å². The summed E-state index contributed by atoms with van der Waals surface area (Å²) in [6.07, 6.45) is 4.39. The molecule has 0 aliphatic carbocycles. The number of rotatable bonds is 4. The number of nitrogens with zero attached hydrogens (tertiary/aromatic N) is 1. The van der Waals surface area contributed by atoms with Gasteiger partial charge in [-0.15, -0.1) is 0 Å². The zero-order valence-electron chi connectivity index (χ0n) is 11.0. The fraction of sp³-hybridized carbons (Fsp3) is 0.286. The van der Waals surface area contributed by atoms with Crippen molar-refractivity contribution in [3.63, 3.8) is 0 Å². The van der Waals surface area contributed by atoms with Crippen molar-refractivity contribution in [2.75, 3.05) is 6.54 Å². The van der Waals surface area contributed by atoms with Crippen LogP contribution in [-0.2, 0) is 0 Å². The van der Waals surface area contributed by atoms with Crippen LogP contribution in [0.15, 0.2) is 24.5 Å². The molecule has 0 saturated carbocycles. The monoisotopic (exact) mass is 277 g/mol. The lowest BCUT2D eigenvalue weighted by Crippen LogP contribution is -2.24. The van der Waals surface area contributed by atoms with Gasteiger partial charge in [0.25, 0.3) is 5.91 Å². The number of amides is 1. The second kappa shape index (κ2) is 5.89. The molecule has 2 aromatic heterocycles. The molecule has 0 atom stereocenters. The largest absolute Gasteiger partial charge is 0.356 e. The number of carbonyl (C=O) groups is 1. The van der Waals surface area contributed by atoms with Gasteiger partial charge in [-0.05, 0) is 36.6 Å². The number of halogens is 1. The van der Waals surface area contributed by atoms with Gasteiger partial charge in [-0.1, -0.05) is 18.5 Å². The number of H-pyrrole nitrogens is 1. The average Bonchev–Trinajstić information content (AvgIpc) is 2.78. The fourth-order valence-electron chi connectivity index (χ4n) is 1.93. The van der Waals surface area contributed by atoms with E-state index >= 15 is 0 Å². The molecule has 19 heavy (non-hydrogen) atoms. The van der Waals surface area contributed by atoms with Gasteiger partial charge in [0.05, 0.1) is 0 Å². The van der Waals surface area contributed by atoms with Crippen molar-refractivity contribution < 1.29 is 4.79 Å². The summed E-state index contributed by atoms with van der Waals surface area (Å²) in [4.78, 5) is 18.9. The molecule has 2 aromatic rings. The number of hydrogen-bond donors (Lipinski definition) is 2. The van der Waals surface area contributed by atoms with E-state index in [4.69, 9.17) is 11.6 Å². The third-order valence-corrected chi connectivity index (χ3v) is 3.15. The molecule has 0 aliphatic heterocycles. The highest BCUT2D eigenvalue weighted by Crippen LogP contribution is 2.26. The standard InChI is InChI=1S/C14H16ClN3O/c1-3-5-17-14(19)13-9(2)11(8-18-13)10-4-6-16-12(15)7-10/h4,6-8,18H,3,5H2,1-2H3,(H,17,19). The Hall–Kier alpha value is -1.81. The van der Waals surface area contributed by atoms with Crippen LogP contribution in [0.1, 0.15) is 29.4 Å². The van der Waals surface area contributed by atoms with E-state index in [1.54, 1.807) is 12.3 Å². The predicted molar refractivity (Wildman–Crippen MR) is 76.4 cm³/mol. The molecular formula is C14H16ClN3O. The Morgan fingerprint density at radius 2 is 2.32 bits per heavy atom. The number of carbonyl (C=O) groups excluding carboxylic acids is 1. The second-order valence-corrected chi connectivity index (χ2v) is 4.71. The summed E-state index contributed by atoms with van der Waals surface area (Å²) < 4.78 is 0. The van der Waals surface area contributed by atoms with Crippen molar-refractivity contribution in [3.05, 3.63) is 40.9 Å². The predicted octanol–water partition coefficient (Wildman–Crippen LogP) is 3.18. The van der Waals surface area contributed by atoms with E-state index in [2.05, 4.69) is 15.3 Å². The summed E-state index contributed by atoms with van der Waals surface area (Å²) in [7, 11) is 0. The topological polar surface area (TPSA) is 57.8 Å². The first-order valence-electron chi connectivity index (χ1n) is 6.21. The molecule has 5 heteroatoms. The molecule has 0 bridgehead atoms. The number of hydrogen-bond acceptors (Lipinski definition) is 2. The quantitative estimate of drug-likeness (QED) is 0.843. The summed E-state index contributed by atoms with van der Waals surface area (Å²) in [6, 6.07) is 3.65. The van der Waals surface area contributed by atoms with Crippen molar-refractivity contribution in [3.8, 4) is 11.1 Å². The third kappa shape index (κ3) is 2.96. The molecule has 0 saturated heterocycles. The Bertz CT molecular complexity index is 592. The van der Waals surface area contributed by atoms with Crippen molar-refractivity contribution in [2.45, 2.75) is 20.3 Å². The van der Waals surface area contributed by atoms with Gasteiger partial charge in [0.1, 0.15) is 10.8 Å². The molecule has 0 radical (unpaired) electrons. The number of pyridine rings is 1. The first-order valence-corrected chi connectivity index (χ1v) is 6.59. The molecule has 2 N–H and O–H groups in total. The molecular weight excluding hydrogens is 262 g/mol. The maximum Gasteiger partial charge on any atom is 0.267 e. The van der Waals surface area contributed by atoms with Crippen LogP contribution < -0.4 is 5.32 Å². The highest BCUT2D eigenvalue weighted by Gasteiger charge is 2.14. The molecule has 0 fully saturated rings. The van der Waals surface area contributed by atoms with Gasteiger partial charge in [-0.25, -0.2) is 4.98 Å². The molecule has 0 aliphatic rings. The van der Waals surface area contributed by atoms with Gasteiger partial charge in [0, 0.05) is 24.5 Å². The van der Waals surface area contributed by atoms with Crippen molar-refractivity contribution in [2.24, 2.45) is 0 Å². The summed E-state index contributed by atoms with van der Waals surface area (Å²) >= 11 is 5.88. The molecule has 2 heterocycles. The van der Waals surface area contributed by atoms with Gasteiger partial charge in [0.2, 0.25) is 0 Å². The van der Waals surface area contributed by atoms with Crippen LogP contribution in [0.25, 0.3) is 11.1 Å². The minimum absolute atomic E-state index is 0.0780. The Labute approximate surface area is 117 Å². The first-order chi connectivity index (χ1) is 9.13. The minimum atomic E-state index is -0.0780. The lowest BCUT2D eigenvalue weighted by Gasteiger charge is -2.04. The second-order valence-electron chi connectivity index (χ2n) is 4.33. The molecule has 100 valence electrons. The number of aromatic amines is 1. The highest BCUT2D eigenvalue weighted by atomic mass is 35.5. The van der Waals surface area contributed by atoms with Crippen molar-refractivity contribution in [1.82, 2.24) is 15.3 Å². The van der Waals surface area contributed by atoms with E-state index in [9.17, 15) is 4.79 Å². The SMILES string of the molecule is CCCNC(=O)c1[nH]cc(-c2ccnc(Cl)c2)c1C. The van der Waals surface area contributed by atoms with Crippen LogP contribution in [0.5, 0.6) is 0 Å². The van der Waals surface area contributed by atoms with Crippen LogP contribution >= 0.6 is 11.6 Å². The summed E-state index contributed by atoms with van der Waals surface area (Å²) in [5.41, 5.74) is 3.42. The van der Waals surface area contributed by atoms with Crippen molar-refractivity contribution >= 4 is 17.5 Å². The van der Waals surface area contributed by atoms with Crippen LogP contribution in [0.4, 0.5) is 0 Å². The number of nitrogens with one attached hydrogen (secondary N) is 2. The van der Waals surface area contributed by atoms with Gasteiger partial charge < -0.3 is 10.3 Å². The zero-order valence-corrected chi connectivity index (χ0v) is 11.7. The van der Waals surface area contributed by atoms with E-state index in [1.165, 1.54) is 0 Å². The molecule has 4 nitrogen and oxygen atoms in total. The van der Waals surface area contributed by atoms with E-state index in [1.807, 2.05) is 26.1 Å². The van der Waals surface area contributed by atoms with Gasteiger partial charge >= 0.3 is 0 Å². The third-order valence-electron chi connectivity index (χ3n) is 2.94. The Balaban J connectivity index is 2.30.